The molecule has 0 bridgehead atoms. The summed E-state index contributed by atoms with van der Waals surface area (Å²) in [5, 5.41) is 8.56. The molecule has 4 nitrogen and oxygen atoms in total. The lowest BCUT2D eigenvalue weighted by atomic mass is 10.0. The van der Waals surface area contributed by atoms with Gasteiger partial charge >= 0.3 is 5.97 Å². The van der Waals surface area contributed by atoms with Crippen molar-refractivity contribution in [1.29, 1.82) is 0 Å². The summed E-state index contributed by atoms with van der Waals surface area (Å²) in [5.41, 5.74) is 2.54. The number of rotatable bonds is 2. The molecule has 0 unspecified atom stereocenters. The smallest absolute Gasteiger partial charge is 0.328 e. The molecule has 4 heteroatoms. The largest absolute Gasteiger partial charge is 0.478 e. The van der Waals surface area contributed by atoms with Crippen LogP contribution in [0.15, 0.2) is 24.3 Å². The average molecular weight is 217 g/mol. The van der Waals surface area contributed by atoms with Gasteiger partial charge in [0.25, 0.3) is 0 Å². The summed E-state index contributed by atoms with van der Waals surface area (Å²) >= 11 is 0. The molecule has 1 aromatic carbocycles. The summed E-state index contributed by atoms with van der Waals surface area (Å²) in [7, 11) is 1.72. The van der Waals surface area contributed by atoms with Crippen molar-refractivity contribution in [2.24, 2.45) is 0 Å². The van der Waals surface area contributed by atoms with Gasteiger partial charge in [0.15, 0.2) is 0 Å². The number of benzene rings is 1. The van der Waals surface area contributed by atoms with E-state index in [-0.39, 0.29) is 5.91 Å². The van der Waals surface area contributed by atoms with Crippen LogP contribution in [0.25, 0.3) is 6.08 Å². The molecule has 1 aromatic rings. The second-order valence-corrected chi connectivity index (χ2v) is 3.65. The van der Waals surface area contributed by atoms with Crippen LogP contribution in [0.1, 0.15) is 11.1 Å². The summed E-state index contributed by atoms with van der Waals surface area (Å²) in [6.45, 7) is 0. The van der Waals surface area contributed by atoms with Crippen molar-refractivity contribution in [1.82, 2.24) is 0 Å². The number of carbonyl (C=O) groups excluding carboxylic acids is 1. The quantitative estimate of drug-likeness (QED) is 0.760. The van der Waals surface area contributed by atoms with Crippen LogP contribution in [-0.2, 0) is 16.0 Å². The first-order chi connectivity index (χ1) is 7.59. The first-order valence-corrected chi connectivity index (χ1v) is 4.89. The topological polar surface area (TPSA) is 57.6 Å². The third kappa shape index (κ3) is 1.69. The lowest BCUT2D eigenvalue weighted by Crippen LogP contribution is -2.20. The maximum absolute atomic E-state index is 11.5. The number of fused-ring (bicyclic) bond motifs is 1. The van der Waals surface area contributed by atoms with E-state index in [0.717, 1.165) is 22.9 Å². The molecular formula is C12H11NO3. The van der Waals surface area contributed by atoms with Gasteiger partial charge in [-0.3, -0.25) is 4.79 Å². The third-order valence-electron chi connectivity index (χ3n) is 2.66. The van der Waals surface area contributed by atoms with Crippen molar-refractivity contribution in [2.75, 3.05) is 11.9 Å². The Hall–Kier alpha value is -2.10. The van der Waals surface area contributed by atoms with Gasteiger partial charge in [0.05, 0.1) is 6.42 Å². The molecule has 16 heavy (non-hydrogen) atoms. The zero-order valence-electron chi connectivity index (χ0n) is 8.80. The van der Waals surface area contributed by atoms with Gasteiger partial charge in [0.1, 0.15) is 0 Å². The van der Waals surface area contributed by atoms with E-state index in [1.165, 1.54) is 6.08 Å². The Bertz CT molecular complexity index is 491. The number of amides is 1. The summed E-state index contributed by atoms with van der Waals surface area (Å²) < 4.78 is 0. The number of hydrogen-bond donors (Lipinski definition) is 1. The van der Waals surface area contributed by atoms with Crippen LogP contribution < -0.4 is 4.90 Å². The fourth-order valence-electron chi connectivity index (χ4n) is 1.82. The summed E-state index contributed by atoms with van der Waals surface area (Å²) in [5.74, 6) is -0.957. The first-order valence-electron chi connectivity index (χ1n) is 4.89. The second-order valence-electron chi connectivity index (χ2n) is 3.65. The van der Waals surface area contributed by atoms with Crippen LogP contribution in [-0.4, -0.2) is 24.0 Å². The van der Waals surface area contributed by atoms with Crippen molar-refractivity contribution in [3.63, 3.8) is 0 Å². The number of carboxylic acid groups (broad SMARTS) is 1. The highest BCUT2D eigenvalue weighted by Crippen LogP contribution is 2.30. The van der Waals surface area contributed by atoms with Gasteiger partial charge in [-0.2, -0.15) is 0 Å². The van der Waals surface area contributed by atoms with Crippen LogP contribution >= 0.6 is 0 Å². The minimum atomic E-state index is -0.990. The number of anilines is 1. The van der Waals surface area contributed by atoms with Crippen LogP contribution in [0.3, 0.4) is 0 Å². The van der Waals surface area contributed by atoms with Gasteiger partial charge in [-0.05, 0) is 23.3 Å². The van der Waals surface area contributed by atoms with Crippen molar-refractivity contribution in [3.05, 3.63) is 35.4 Å². The van der Waals surface area contributed by atoms with Crippen molar-refractivity contribution < 1.29 is 14.7 Å². The molecule has 1 aliphatic heterocycles. The van der Waals surface area contributed by atoms with Crippen molar-refractivity contribution in [3.8, 4) is 0 Å². The van der Waals surface area contributed by atoms with E-state index in [1.807, 2.05) is 18.2 Å². The van der Waals surface area contributed by atoms with E-state index >= 15 is 0 Å². The predicted octanol–water partition coefficient (Wildman–Crippen LogP) is 1.30. The van der Waals surface area contributed by atoms with Crippen LogP contribution in [0.2, 0.25) is 0 Å². The molecule has 0 aromatic heterocycles. The Labute approximate surface area is 92.8 Å². The summed E-state index contributed by atoms with van der Waals surface area (Å²) in [4.78, 5) is 23.5. The Morgan fingerprint density at radius 3 is 2.94 bits per heavy atom. The molecule has 0 atom stereocenters. The number of nitrogens with zero attached hydrogens (tertiary/aromatic N) is 1. The van der Waals surface area contributed by atoms with E-state index in [9.17, 15) is 9.59 Å². The molecule has 0 aliphatic carbocycles. The number of hydrogen-bond acceptors (Lipinski definition) is 2. The molecule has 2 rings (SSSR count). The standard InChI is InChI=1S/C12H11NO3/c1-13-10-4-2-3-8(5-6-12(15)16)9(10)7-11(13)14/h2-6H,7H2,1H3,(H,15,16). The molecular weight excluding hydrogens is 206 g/mol. The average Bonchev–Trinajstić information content (AvgIpc) is 2.53. The summed E-state index contributed by atoms with van der Waals surface area (Å²) in [6.07, 6.45) is 2.94. The molecule has 82 valence electrons. The van der Waals surface area contributed by atoms with Crippen molar-refractivity contribution in [2.45, 2.75) is 6.42 Å². The molecule has 0 fully saturated rings. The number of carbonyl (C=O) groups is 2. The predicted molar refractivity (Wildman–Crippen MR) is 60.2 cm³/mol. The van der Waals surface area contributed by atoms with E-state index < -0.39 is 5.97 Å². The van der Waals surface area contributed by atoms with Gasteiger partial charge in [0.2, 0.25) is 5.91 Å². The van der Waals surface area contributed by atoms with E-state index in [2.05, 4.69) is 0 Å². The van der Waals surface area contributed by atoms with E-state index in [0.29, 0.717) is 6.42 Å². The molecule has 0 saturated heterocycles. The number of aliphatic carboxylic acids is 1. The Morgan fingerprint density at radius 2 is 2.25 bits per heavy atom. The van der Waals surface area contributed by atoms with Gasteiger partial charge < -0.3 is 10.0 Å². The van der Waals surface area contributed by atoms with E-state index in [1.54, 1.807) is 11.9 Å². The van der Waals surface area contributed by atoms with Gasteiger partial charge in [-0.25, -0.2) is 4.79 Å². The molecule has 1 aliphatic rings. The number of carboxylic acids is 1. The molecule has 0 radical (unpaired) electrons. The molecule has 0 saturated carbocycles. The maximum atomic E-state index is 11.5. The zero-order chi connectivity index (χ0) is 11.7. The molecule has 0 spiro atoms. The SMILES string of the molecule is CN1C(=O)Cc2c(C=CC(=O)O)cccc21. The monoisotopic (exact) mass is 217 g/mol. The van der Waals surface area contributed by atoms with Gasteiger partial charge in [0, 0.05) is 18.8 Å². The van der Waals surface area contributed by atoms with Crippen LogP contribution in [0.4, 0.5) is 5.69 Å². The highest BCUT2D eigenvalue weighted by atomic mass is 16.4. The van der Waals surface area contributed by atoms with Crippen LogP contribution in [0, 0.1) is 0 Å². The minimum Gasteiger partial charge on any atom is -0.478 e. The van der Waals surface area contributed by atoms with Gasteiger partial charge in [-0.15, -0.1) is 0 Å². The normalized spacial score (nSPS) is 14.6. The highest BCUT2D eigenvalue weighted by molar-refractivity contribution is 6.02. The fraction of sp³-hybridized carbons (Fsp3) is 0.167. The first kappa shape index (κ1) is 10.4. The minimum absolute atomic E-state index is 0.0335. The maximum Gasteiger partial charge on any atom is 0.328 e. The fourth-order valence-corrected chi connectivity index (χ4v) is 1.82. The number of likely N-dealkylation sites (N-methyl/N-ethyl adjacent to an activating group) is 1. The molecule has 1 heterocycles. The van der Waals surface area contributed by atoms with E-state index in [4.69, 9.17) is 5.11 Å². The Kier molecular flexibility index (Phi) is 2.48. The Morgan fingerprint density at radius 1 is 1.50 bits per heavy atom. The van der Waals surface area contributed by atoms with Crippen LogP contribution in [0.5, 0.6) is 0 Å². The third-order valence-corrected chi connectivity index (χ3v) is 2.66. The van der Waals surface area contributed by atoms with Crippen molar-refractivity contribution >= 4 is 23.6 Å². The zero-order valence-corrected chi connectivity index (χ0v) is 8.80. The molecule has 1 N–H and O–H groups in total. The van der Waals surface area contributed by atoms with Gasteiger partial charge in [-0.1, -0.05) is 12.1 Å². The lowest BCUT2D eigenvalue weighted by molar-refractivity contribution is -0.131. The summed E-state index contributed by atoms with van der Waals surface area (Å²) in [6, 6.07) is 5.48. The lowest BCUT2D eigenvalue weighted by Gasteiger charge is -2.09. The highest BCUT2D eigenvalue weighted by Gasteiger charge is 2.25. The second kappa shape index (κ2) is 3.81. The Balaban J connectivity index is 2.44. The molecule has 1 amide bonds.